The zero-order valence-corrected chi connectivity index (χ0v) is 11.3. The van der Waals surface area contributed by atoms with Gasteiger partial charge in [-0.15, -0.1) is 0 Å². The Morgan fingerprint density at radius 1 is 1.00 bits per heavy atom. The minimum atomic E-state index is -0.509. The molecule has 0 aliphatic carbocycles. The molecule has 2 heterocycles. The van der Waals surface area contributed by atoms with Gasteiger partial charge in [-0.25, -0.2) is 0 Å². The van der Waals surface area contributed by atoms with Crippen LogP contribution in [0.4, 0.5) is 0 Å². The molecule has 2 aliphatic heterocycles. The molecule has 0 amide bonds. The molecule has 4 heteroatoms. The maximum Gasteiger partial charge on any atom is 0.164 e. The monoisotopic (exact) mass is 242 g/mol. The topological polar surface area (TPSA) is 36.9 Å². The number of ether oxygens (including phenoxy) is 4. The van der Waals surface area contributed by atoms with E-state index < -0.39 is 11.6 Å². The maximum atomic E-state index is 5.84. The van der Waals surface area contributed by atoms with Gasteiger partial charge in [0, 0.05) is 0 Å². The molecule has 4 nitrogen and oxygen atoms in total. The fourth-order valence-electron chi connectivity index (χ4n) is 2.14. The lowest BCUT2D eigenvalue weighted by Gasteiger charge is -2.22. The third-order valence-corrected chi connectivity index (χ3v) is 2.88. The number of hydrogen-bond donors (Lipinski definition) is 0. The predicted molar refractivity (Wildman–Crippen MR) is 63.6 cm³/mol. The van der Waals surface area contributed by atoms with Gasteiger partial charge in [0.2, 0.25) is 0 Å². The lowest BCUT2D eigenvalue weighted by atomic mass is 10.1. The van der Waals surface area contributed by atoms with Crippen molar-refractivity contribution < 1.29 is 18.9 Å². The molecular formula is C13H22O4. The Labute approximate surface area is 103 Å². The van der Waals surface area contributed by atoms with Crippen molar-refractivity contribution in [3.8, 4) is 0 Å². The van der Waals surface area contributed by atoms with Crippen LogP contribution >= 0.6 is 0 Å². The zero-order chi connectivity index (χ0) is 12.7. The van der Waals surface area contributed by atoms with Crippen LogP contribution in [0.15, 0.2) is 12.2 Å². The van der Waals surface area contributed by atoms with Crippen LogP contribution in [0, 0.1) is 0 Å². The molecule has 2 atom stereocenters. The highest BCUT2D eigenvalue weighted by molar-refractivity contribution is 5.06. The van der Waals surface area contributed by atoms with E-state index in [9.17, 15) is 0 Å². The normalized spacial score (nSPS) is 40.2. The van der Waals surface area contributed by atoms with Crippen LogP contribution < -0.4 is 0 Å². The first kappa shape index (κ1) is 13.0. The summed E-state index contributed by atoms with van der Waals surface area (Å²) < 4.78 is 22.6. The van der Waals surface area contributed by atoms with Crippen molar-refractivity contribution in [2.45, 2.75) is 57.9 Å². The van der Waals surface area contributed by atoms with E-state index >= 15 is 0 Å². The summed E-state index contributed by atoms with van der Waals surface area (Å²) in [4.78, 5) is 0. The fourth-order valence-corrected chi connectivity index (χ4v) is 2.14. The van der Waals surface area contributed by atoms with E-state index in [0.717, 1.165) is 0 Å². The van der Waals surface area contributed by atoms with Crippen molar-refractivity contribution in [1.82, 2.24) is 0 Å². The quantitative estimate of drug-likeness (QED) is 0.696. The number of rotatable bonds is 2. The molecule has 2 saturated heterocycles. The summed E-state index contributed by atoms with van der Waals surface area (Å²) >= 11 is 0. The molecule has 0 unspecified atom stereocenters. The van der Waals surface area contributed by atoms with Gasteiger partial charge >= 0.3 is 0 Å². The molecule has 0 spiro atoms. The number of hydrogen-bond acceptors (Lipinski definition) is 4. The van der Waals surface area contributed by atoms with Crippen LogP contribution in [0.3, 0.4) is 0 Å². The van der Waals surface area contributed by atoms with E-state index in [1.54, 1.807) is 0 Å². The highest BCUT2D eigenvalue weighted by atomic mass is 16.8. The molecule has 0 aromatic rings. The summed E-state index contributed by atoms with van der Waals surface area (Å²) in [5, 5.41) is 0. The Hall–Kier alpha value is -0.420. The van der Waals surface area contributed by atoms with Gasteiger partial charge in [0.1, 0.15) is 11.7 Å². The molecule has 0 N–H and O–H groups in total. The Kier molecular flexibility index (Phi) is 3.11. The van der Waals surface area contributed by atoms with Gasteiger partial charge in [-0.2, -0.15) is 0 Å². The molecule has 2 fully saturated rings. The van der Waals surface area contributed by atoms with E-state index in [1.165, 1.54) is 0 Å². The van der Waals surface area contributed by atoms with E-state index in [1.807, 2.05) is 46.8 Å². The minimum absolute atomic E-state index is 0.00543. The third kappa shape index (κ3) is 3.28. The Morgan fingerprint density at radius 3 is 2.18 bits per heavy atom. The van der Waals surface area contributed by atoms with Crippen LogP contribution in [0.2, 0.25) is 0 Å². The summed E-state index contributed by atoms with van der Waals surface area (Å²) in [5.74, 6) is -0.992. The van der Waals surface area contributed by atoms with E-state index in [-0.39, 0.29) is 11.7 Å². The first-order valence-corrected chi connectivity index (χ1v) is 6.05. The van der Waals surface area contributed by atoms with Gasteiger partial charge in [0.15, 0.2) is 11.6 Å². The SMILES string of the molecule is CC1(C)OC[C@H](/C=C\[C@@]2(C)COC(C)(C)O2)O1. The van der Waals surface area contributed by atoms with Crippen molar-refractivity contribution in [1.29, 1.82) is 0 Å². The lowest BCUT2D eigenvalue weighted by molar-refractivity contribution is -0.148. The standard InChI is InChI=1S/C13H22O4/c1-11(2)14-8-10(16-11)6-7-13(5)9-15-12(3,4)17-13/h6-7,10H,8-9H2,1-5H3/b7-6-/t10-,13-/m0/s1. The Bertz CT molecular complexity index is 321. The van der Waals surface area contributed by atoms with Crippen LogP contribution in [-0.2, 0) is 18.9 Å². The molecule has 0 aromatic carbocycles. The van der Waals surface area contributed by atoms with Crippen molar-refractivity contribution in [3.63, 3.8) is 0 Å². The van der Waals surface area contributed by atoms with Gasteiger partial charge in [-0.05, 0) is 34.6 Å². The first-order chi connectivity index (χ1) is 7.70. The fraction of sp³-hybridized carbons (Fsp3) is 0.846. The summed E-state index contributed by atoms with van der Waals surface area (Å²) in [5.41, 5.74) is -0.375. The van der Waals surface area contributed by atoms with Gasteiger partial charge in [-0.3, -0.25) is 0 Å². The first-order valence-electron chi connectivity index (χ1n) is 6.05. The highest BCUT2D eigenvalue weighted by Gasteiger charge is 2.40. The minimum Gasteiger partial charge on any atom is -0.347 e. The molecule has 98 valence electrons. The van der Waals surface area contributed by atoms with Gasteiger partial charge in [0.05, 0.1) is 13.2 Å². The lowest BCUT2D eigenvalue weighted by Crippen LogP contribution is -2.29. The molecule has 0 aromatic heterocycles. The van der Waals surface area contributed by atoms with Crippen LogP contribution in [0.5, 0.6) is 0 Å². The zero-order valence-electron chi connectivity index (χ0n) is 11.3. The van der Waals surface area contributed by atoms with E-state index in [4.69, 9.17) is 18.9 Å². The Morgan fingerprint density at radius 2 is 1.71 bits per heavy atom. The van der Waals surface area contributed by atoms with Crippen molar-refractivity contribution in [2.24, 2.45) is 0 Å². The van der Waals surface area contributed by atoms with Gasteiger partial charge < -0.3 is 18.9 Å². The summed E-state index contributed by atoms with van der Waals surface area (Å²) in [6, 6.07) is 0. The highest BCUT2D eigenvalue weighted by Crippen LogP contribution is 2.32. The third-order valence-electron chi connectivity index (χ3n) is 2.88. The Balaban J connectivity index is 1.93. The van der Waals surface area contributed by atoms with Crippen molar-refractivity contribution >= 4 is 0 Å². The molecule has 0 saturated carbocycles. The smallest absolute Gasteiger partial charge is 0.164 e. The largest absolute Gasteiger partial charge is 0.347 e. The van der Waals surface area contributed by atoms with E-state index in [2.05, 4.69) is 0 Å². The second-order valence-electron chi connectivity index (χ2n) is 5.83. The van der Waals surface area contributed by atoms with Crippen LogP contribution in [0.1, 0.15) is 34.6 Å². The average Bonchev–Trinajstić information content (AvgIpc) is 2.65. The molecule has 2 rings (SSSR count). The predicted octanol–water partition coefficient (Wildman–Crippen LogP) is 2.24. The van der Waals surface area contributed by atoms with E-state index in [0.29, 0.717) is 13.2 Å². The molecule has 0 bridgehead atoms. The summed E-state index contributed by atoms with van der Waals surface area (Å²) in [6.07, 6.45) is 4.01. The van der Waals surface area contributed by atoms with Crippen molar-refractivity contribution in [2.75, 3.05) is 13.2 Å². The second kappa shape index (κ2) is 4.05. The molecule has 0 radical (unpaired) electrons. The van der Waals surface area contributed by atoms with Gasteiger partial charge in [0.25, 0.3) is 0 Å². The molecule has 2 aliphatic rings. The van der Waals surface area contributed by atoms with Gasteiger partial charge in [-0.1, -0.05) is 12.2 Å². The second-order valence-corrected chi connectivity index (χ2v) is 5.83. The maximum absolute atomic E-state index is 5.84. The van der Waals surface area contributed by atoms with Crippen LogP contribution in [-0.4, -0.2) is 36.5 Å². The summed E-state index contributed by atoms with van der Waals surface area (Å²) in [7, 11) is 0. The van der Waals surface area contributed by atoms with Crippen LogP contribution in [0.25, 0.3) is 0 Å². The van der Waals surface area contributed by atoms with Crippen molar-refractivity contribution in [3.05, 3.63) is 12.2 Å². The summed E-state index contributed by atoms with van der Waals surface area (Å²) in [6.45, 7) is 10.8. The molecule has 17 heavy (non-hydrogen) atoms. The molecular weight excluding hydrogens is 220 g/mol. The average molecular weight is 242 g/mol.